The normalized spacial score (nSPS) is 12.2. The van der Waals surface area contributed by atoms with E-state index in [1.807, 2.05) is 12.1 Å². The molecule has 0 bridgehead atoms. The van der Waals surface area contributed by atoms with Crippen LogP contribution >= 0.6 is 0 Å². The first-order chi connectivity index (χ1) is 7.80. The van der Waals surface area contributed by atoms with Gasteiger partial charge in [0.15, 0.2) is 0 Å². The second kappa shape index (κ2) is 5.63. The summed E-state index contributed by atoms with van der Waals surface area (Å²) in [7, 11) is 0. The molecular weight excluding hydrogens is 213 g/mol. The summed E-state index contributed by atoms with van der Waals surface area (Å²) in [5, 5.41) is 3.52. The summed E-state index contributed by atoms with van der Waals surface area (Å²) in [5.41, 5.74) is 1.88. The van der Waals surface area contributed by atoms with E-state index >= 15 is 0 Å². The van der Waals surface area contributed by atoms with E-state index in [2.05, 4.69) is 33.0 Å². The largest absolute Gasteiger partial charge is 0.310 e. The Morgan fingerprint density at radius 1 is 1.29 bits per heavy atom. The van der Waals surface area contributed by atoms with Crippen molar-refractivity contribution < 1.29 is 4.39 Å². The molecule has 1 aromatic rings. The zero-order valence-corrected chi connectivity index (χ0v) is 11.6. The van der Waals surface area contributed by atoms with Crippen LogP contribution in [0, 0.1) is 12.7 Å². The van der Waals surface area contributed by atoms with Gasteiger partial charge in [0.05, 0.1) is 0 Å². The van der Waals surface area contributed by atoms with E-state index in [1.165, 1.54) is 0 Å². The maximum Gasteiger partial charge on any atom is 0.126 e. The molecular formula is C15H24FN. The van der Waals surface area contributed by atoms with E-state index in [0.717, 1.165) is 18.4 Å². The van der Waals surface area contributed by atoms with Crippen LogP contribution in [-0.2, 0) is 6.42 Å². The lowest BCUT2D eigenvalue weighted by atomic mass is 9.94. The predicted molar refractivity (Wildman–Crippen MR) is 71.8 cm³/mol. The van der Waals surface area contributed by atoms with Crippen LogP contribution < -0.4 is 5.32 Å². The molecule has 0 aliphatic rings. The van der Waals surface area contributed by atoms with E-state index in [9.17, 15) is 4.39 Å². The lowest BCUT2D eigenvalue weighted by Crippen LogP contribution is -2.43. The molecule has 0 aliphatic carbocycles. The van der Waals surface area contributed by atoms with Crippen molar-refractivity contribution in [2.75, 3.05) is 0 Å². The number of rotatable bonds is 5. The van der Waals surface area contributed by atoms with Gasteiger partial charge in [0.2, 0.25) is 0 Å². The Morgan fingerprint density at radius 3 is 2.47 bits per heavy atom. The highest BCUT2D eigenvalue weighted by molar-refractivity contribution is 5.23. The minimum atomic E-state index is -0.0999. The van der Waals surface area contributed by atoms with Gasteiger partial charge in [-0.25, -0.2) is 4.39 Å². The Morgan fingerprint density at radius 2 is 1.94 bits per heavy atom. The lowest BCUT2D eigenvalue weighted by molar-refractivity contribution is 0.333. The number of hydrogen-bond donors (Lipinski definition) is 1. The van der Waals surface area contributed by atoms with Crippen LogP contribution in [0.3, 0.4) is 0 Å². The lowest BCUT2D eigenvalue weighted by Gasteiger charge is -2.29. The fourth-order valence-electron chi connectivity index (χ4n) is 2.10. The van der Waals surface area contributed by atoms with Gasteiger partial charge in [-0.05, 0) is 50.8 Å². The molecule has 0 fully saturated rings. The Bertz CT molecular complexity index is 369. The van der Waals surface area contributed by atoms with Gasteiger partial charge in [0.1, 0.15) is 5.82 Å². The average Bonchev–Trinajstić information content (AvgIpc) is 2.18. The maximum absolute atomic E-state index is 13.4. The molecule has 0 heterocycles. The first-order valence-corrected chi connectivity index (χ1v) is 6.33. The predicted octanol–water partition coefficient (Wildman–Crippen LogP) is 3.84. The molecule has 0 aliphatic heterocycles. The SMILES string of the molecule is Cc1ccc(CCC(C)(C)NC(C)C)cc1F. The fraction of sp³-hybridized carbons (Fsp3) is 0.600. The highest BCUT2D eigenvalue weighted by Gasteiger charge is 2.18. The van der Waals surface area contributed by atoms with Gasteiger partial charge >= 0.3 is 0 Å². The van der Waals surface area contributed by atoms with Gasteiger partial charge in [0.25, 0.3) is 0 Å². The van der Waals surface area contributed by atoms with E-state index in [0.29, 0.717) is 11.6 Å². The molecule has 2 heteroatoms. The third kappa shape index (κ3) is 4.86. The third-order valence-corrected chi connectivity index (χ3v) is 2.95. The third-order valence-electron chi connectivity index (χ3n) is 2.95. The zero-order chi connectivity index (χ0) is 13.1. The molecule has 0 saturated heterocycles. The van der Waals surface area contributed by atoms with Crippen molar-refractivity contribution in [3.63, 3.8) is 0 Å². The van der Waals surface area contributed by atoms with Crippen molar-refractivity contribution in [1.82, 2.24) is 5.32 Å². The van der Waals surface area contributed by atoms with Crippen molar-refractivity contribution in [2.24, 2.45) is 0 Å². The van der Waals surface area contributed by atoms with Gasteiger partial charge < -0.3 is 5.32 Å². The van der Waals surface area contributed by atoms with E-state index in [1.54, 1.807) is 13.0 Å². The topological polar surface area (TPSA) is 12.0 Å². The fourth-order valence-corrected chi connectivity index (χ4v) is 2.10. The second-order valence-electron chi connectivity index (χ2n) is 5.77. The first kappa shape index (κ1) is 14.2. The Kier molecular flexibility index (Phi) is 4.70. The van der Waals surface area contributed by atoms with Crippen LogP contribution in [-0.4, -0.2) is 11.6 Å². The summed E-state index contributed by atoms with van der Waals surface area (Å²) < 4.78 is 13.4. The highest BCUT2D eigenvalue weighted by Crippen LogP contribution is 2.16. The van der Waals surface area contributed by atoms with E-state index in [-0.39, 0.29) is 11.4 Å². The molecule has 17 heavy (non-hydrogen) atoms. The molecule has 0 amide bonds. The first-order valence-electron chi connectivity index (χ1n) is 6.33. The molecule has 1 rings (SSSR count). The van der Waals surface area contributed by atoms with Crippen LogP contribution in [0.5, 0.6) is 0 Å². The summed E-state index contributed by atoms with van der Waals surface area (Å²) >= 11 is 0. The van der Waals surface area contributed by atoms with Crippen LogP contribution in [0.15, 0.2) is 18.2 Å². The smallest absolute Gasteiger partial charge is 0.126 e. The van der Waals surface area contributed by atoms with Crippen molar-refractivity contribution >= 4 is 0 Å². The van der Waals surface area contributed by atoms with Gasteiger partial charge in [-0.3, -0.25) is 0 Å². The van der Waals surface area contributed by atoms with Crippen molar-refractivity contribution in [3.05, 3.63) is 35.1 Å². The second-order valence-corrected chi connectivity index (χ2v) is 5.77. The maximum atomic E-state index is 13.4. The van der Waals surface area contributed by atoms with Crippen molar-refractivity contribution in [3.8, 4) is 0 Å². The Labute approximate surface area is 104 Å². The number of aryl methyl sites for hydroxylation is 2. The zero-order valence-electron chi connectivity index (χ0n) is 11.6. The number of halogens is 1. The number of hydrogen-bond acceptors (Lipinski definition) is 1. The molecule has 0 radical (unpaired) electrons. The molecule has 1 nitrogen and oxygen atoms in total. The molecule has 0 aromatic heterocycles. The van der Waals surface area contributed by atoms with Gasteiger partial charge in [-0.2, -0.15) is 0 Å². The summed E-state index contributed by atoms with van der Waals surface area (Å²) in [5.74, 6) is -0.0999. The van der Waals surface area contributed by atoms with Gasteiger partial charge in [0, 0.05) is 11.6 Å². The number of benzene rings is 1. The quantitative estimate of drug-likeness (QED) is 0.820. The van der Waals surface area contributed by atoms with Crippen LogP contribution in [0.1, 0.15) is 45.2 Å². The van der Waals surface area contributed by atoms with Crippen LogP contribution in [0.2, 0.25) is 0 Å². The van der Waals surface area contributed by atoms with E-state index < -0.39 is 0 Å². The minimum absolute atomic E-state index is 0.0928. The standard InChI is InChI=1S/C15H24FN/c1-11(2)17-15(4,5)9-8-13-7-6-12(3)14(16)10-13/h6-7,10-11,17H,8-9H2,1-5H3. The van der Waals surface area contributed by atoms with Crippen molar-refractivity contribution in [2.45, 2.75) is 59.0 Å². The average molecular weight is 237 g/mol. The van der Waals surface area contributed by atoms with E-state index in [4.69, 9.17) is 0 Å². The molecule has 1 aromatic carbocycles. The van der Waals surface area contributed by atoms with Crippen molar-refractivity contribution in [1.29, 1.82) is 0 Å². The molecule has 0 atom stereocenters. The molecule has 0 spiro atoms. The molecule has 0 saturated carbocycles. The summed E-state index contributed by atoms with van der Waals surface area (Å²) in [6, 6.07) is 6.00. The molecule has 96 valence electrons. The molecule has 1 N–H and O–H groups in total. The highest BCUT2D eigenvalue weighted by atomic mass is 19.1. The minimum Gasteiger partial charge on any atom is -0.310 e. The molecule has 0 unspecified atom stereocenters. The summed E-state index contributed by atoms with van der Waals surface area (Å²) in [4.78, 5) is 0. The summed E-state index contributed by atoms with van der Waals surface area (Å²) in [6.45, 7) is 10.5. The van der Waals surface area contributed by atoms with Crippen LogP contribution in [0.4, 0.5) is 4.39 Å². The van der Waals surface area contributed by atoms with Gasteiger partial charge in [-0.1, -0.05) is 26.0 Å². The Balaban J connectivity index is 2.58. The number of nitrogens with one attached hydrogen (secondary N) is 1. The van der Waals surface area contributed by atoms with Crippen LogP contribution in [0.25, 0.3) is 0 Å². The summed E-state index contributed by atoms with van der Waals surface area (Å²) in [6.07, 6.45) is 1.91. The monoisotopic (exact) mass is 237 g/mol. The van der Waals surface area contributed by atoms with Gasteiger partial charge in [-0.15, -0.1) is 0 Å². The Hall–Kier alpha value is -0.890.